The Morgan fingerprint density at radius 3 is 2.38 bits per heavy atom. The summed E-state index contributed by atoms with van der Waals surface area (Å²) in [5, 5.41) is 11.0. The number of aliphatic hydroxyl groups excluding tert-OH is 1. The molecule has 0 spiro atoms. The zero-order valence-electron chi connectivity index (χ0n) is 9.45. The molecule has 1 atom stereocenters. The number of nitrogens with one attached hydrogen (secondary N) is 1. The molecular weight excluding hydrogens is 238 g/mol. The minimum Gasteiger partial charge on any atom is -0.448 e. The molecule has 0 heterocycles. The zero-order valence-corrected chi connectivity index (χ0v) is 10.2. The molecule has 0 aliphatic heterocycles. The summed E-state index contributed by atoms with van der Waals surface area (Å²) in [6.45, 7) is 4.45. The number of carbonyl (C=O) groups is 2. The number of amides is 1. The van der Waals surface area contributed by atoms with Gasteiger partial charge in [-0.2, -0.15) is 0 Å². The molecule has 0 bridgehead atoms. The van der Waals surface area contributed by atoms with E-state index in [1.807, 2.05) is 0 Å². The quantitative estimate of drug-likeness (QED) is 0.566. The minimum absolute atomic E-state index is 0.342. The third-order valence-corrected chi connectivity index (χ3v) is 1.46. The predicted molar refractivity (Wildman–Crippen MR) is 57.1 cm³/mol. The summed E-state index contributed by atoms with van der Waals surface area (Å²) >= 11 is 5.17. The first-order valence-electron chi connectivity index (χ1n) is 4.63. The summed E-state index contributed by atoms with van der Waals surface area (Å²) in [6.07, 6.45) is -0.807. The van der Waals surface area contributed by atoms with Crippen LogP contribution in [0.25, 0.3) is 0 Å². The summed E-state index contributed by atoms with van der Waals surface area (Å²) in [4.78, 5) is 22.4. The smallest absolute Gasteiger partial charge is 0.408 e. The Hall–Kier alpha value is -1.01. The second kappa shape index (κ2) is 6.55. The van der Waals surface area contributed by atoms with E-state index < -0.39 is 30.3 Å². The zero-order chi connectivity index (χ0) is 12.8. The second-order valence-electron chi connectivity index (χ2n) is 3.95. The van der Waals surface area contributed by atoms with Gasteiger partial charge in [-0.3, -0.25) is 0 Å². The van der Waals surface area contributed by atoms with Crippen molar-refractivity contribution in [2.24, 2.45) is 0 Å². The van der Waals surface area contributed by atoms with E-state index in [2.05, 4.69) is 10.1 Å². The van der Waals surface area contributed by atoms with Crippen molar-refractivity contribution in [1.82, 2.24) is 5.32 Å². The molecule has 2 N–H and O–H groups in total. The van der Waals surface area contributed by atoms with Gasteiger partial charge in [-0.05, 0) is 20.8 Å². The van der Waals surface area contributed by atoms with Gasteiger partial charge in [0.05, 0.1) is 6.61 Å². The van der Waals surface area contributed by atoms with E-state index in [0.29, 0.717) is 0 Å². The number of ether oxygens (including phenoxy) is 2. The van der Waals surface area contributed by atoms with E-state index in [4.69, 9.17) is 21.4 Å². The van der Waals surface area contributed by atoms with Crippen molar-refractivity contribution in [2.75, 3.05) is 12.7 Å². The summed E-state index contributed by atoms with van der Waals surface area (Å²) in [5.74, 6) is -0.816. The molecular formula is C9H16ClNO5. The van der Waals surface area contributed by atoms with Crippen molar-refractivity contribution in [3.63, 3.8) is 0 Å². The number of alkyl halides is 1. The summed E-state index contributed by atoms with van der Waals surface area (Å²) in [6, 6.07) is -1.51. The van der Waals surface area contributed by atoms with E-state index >= 15 is 0 Å². The van der Waals surface area contributed by atoms with Gasteiger partial charge in [0.2, 0.25) is 0 Å². The number of carbonyl (C=O) groups excluding carboxylic acids is 2. The average molecular weight is 254 g/mol. The normalized spacial score (nSPS) is 12.8. The molecule has 0 aliphatic rings. The second-order valence-corrected chi connectivity index (χ2v) is 4.17. The standard InChI is InChI=1S/C9H16ClNO5/c1-9(2,3)16-8(14)11-6(4-12)7(13)15-5-10/h6,12H,4-5H2,1-3H3,(H,11,14)/t6-/m1/s1. The molecule has 0 fully saturated rings. The van der Waals surface area contributed by atoms with Crippen LogP contribution in [-0.4, -0.2) is 41.5 Å². The highest BCUT2D eigenvalue weighted by atomic mass is 35.5. The molecule has 0 saturated heterocycles. The summed E-state index contributed by atoms with van der Waals surface area (Å²) < 4.78 is 9.32. The van der Waals surface area contributed by atoms with Crippen molar-refractivity contribution >= 4 is 23.7 Å². The molecule has 16 heavy (non-hydrogen) atoms. The maximum atomic E-state index is 11.3. The third kappa shape index (κ3) is 6.47. The highest BCUT2D eigenvalue weighted by Gasteiger charge is 2.24. The van der Waals surface area contributed by atoms with E-state index in [1.54, 1.807) is 20.8 Å². The fourth-order valence-corrected chi connectivity index (χ4v) is 0.891. The van der Waals surface area contributed by atoms with Gasteiger partial charge in [-0.15, -0.1) is 0 Å². The van der Waals surface area contributed by atoms with Gasteiger partial charge in [-0.25, -0.2) is 9.59 Å². The van der Waals surface area contributed by atoms with E-state index in [0.717, 1.165) is 0 Å². The lowest BCUT2D eigenvalue weighted by molar-refractivity contribution is -0.145. The highest BCUT2D eigenvalue weighted by molar-refractivity contribution is 6.17. The Morgan fingerprint density at radius 2 is 2.00 bits per heavy atom. The van der Waals surface area contributed by atoms with Crippen LogP contribution in [0.4, 0.5) is 4.79 Å². The molecule has 6 nitrogen and oxygen atoms in total. The lowest BCUT2D eigenvalue weighted by atomic mass is 10.2. The van der Waals surface area contributed by atoms with Crippen LogP contribution >= 0.6 is 11.6 Å². The minimum atomic E-state index is -1.17. The topological polar surface area (TPSA) is 84.9 Å². The van der Waals surface area contributed by atoms with Gasteiger partial charge in [0.15, 0.2) is 12.1 Å². The van der Waals surface area contributed by atoms with Crippen LogP contribution in [0.15, 0.2) is 0 Å². The first-order valence-corrected chi connectivity index (χ1v) is 5.16. The van der Waals surface area contributed by atoms with Crippen LogP contribution < -0.4 is 5.32 Å². The van der Waals surface area contributed by atoms with Crippen LogP contribution in [-0.2, 0) is 14.3 Å². The van der Waals surface area contributed by atoms with Gasteiger partial charge >= 0.3 is 12.1 Å². The number of hydrogen-bond acceptors (Lipinski definition) is 5. The molecule has 0 unspecified atom stereocenters. The van der Waals surface area contributed by atoms with Gasteiger partial charge in [0.25, 0.3) is 0 Å². The Kier molecular flexibility index (Phi) is 6.13. The molecule has 0 radical (unpaired) electrons. The van der Waals surface area contributed by atoms with Gasteiger partial charge in [0.1, 0.15) is 5.60 Å². The number of rotatable bonds is 4. The number of halogens is 1. The van der Waals surface area contributed by atoms with Crippen molar-refractivity contribution in [3.05, 3.63) is 0 Å². The molecule has 0 aliphatic carbocycles. The fraction of sp³-hybridized carbons (Fsp3) is 0.778. The Bertz CT molecular complexity index is 251. The van der Waals surface area contributed by atoms with Crippen molar-refractivity contribution < 1.29 is 24.2 Å². The van der Waals surface area contributed by atoms with Crippen LogP contribution in [0.1, 0.15) is 20.8 Å². The molecule has 0 saturated carbocycles. The van der Waals surface area contributed by atoms with Crippen LogP contribution in [0, 0.1) is 0 Å². The lowest BCUT2D eigenvalue weighted by Gasteiger charge is -2.21. The largest absolute Gasteiger partial charge is 0.448 e. The summed E-state index contributed by atoms with van der Waals surface area (Å²) in [5.41, 5.74) is -0.680. The first-order chi connectivity index (χ1) is 7.30. The number of esters is 1. The molecule has 1 amide bonds. The van der Waals surface area contributed by atoms with Gasteiger partial charge in [-0.1, -0.05) is 11.6 Å². The van der Waals surface area contributed by atoms with Crippen molar-refractivity contribution in [2.45, 2.75) is 32.4 Å². The van der Waals surface area contributed by atoms with E-state index in [9.17, 15) is 9.59 Å². The maximum Gasteiger partial charge on any atom is 0.408 e. The fourth-order valence-electron chi connectivity index (χ4n) is 0.783. The molecule has 0 aromatic rings. The monoisotopic (exact) mass is 253 g/mol. The molecule has 94 valence electrons. The van der Waals surface area contributed by atoms with Gasteiger partial charge in [0, 0.05) is 0 Å². The predicted octanol–water partition coefficient (Wildman–Crippen LogP) is 0.611. The maximum absolute atomic E-state index is 11.3. The number of alkyl carbamates (subject to hydrolysis) is 1. The van der Waals surface area contributed by atoms with Crippen LogP contribution in [0.3, 0.4) is 0 Å². The van der Waals surface area contributed by atoms with E-state index in [1.165, 1.54) is 0 Å². The van der Waals surface area contributed by atoms with Crippen molar-refractivity contribution in [1.29, 1.82) is 0 Å². The Labute approximate surface area is 98.9 Å². The highest BCUT2D eigenvalue weighted by Crippen LogP contribution is 2.06. The number of aliphatic hydroxyl groups is 1. The van der Waals surface area contributed by atoms with Crippen LogP contribution in [0.5, 0.6) is 0 Å². The van der Waals surface area contributed by atoms with Crippen molar-refractivity contribution in [3.8, 4) is 0 Å². The Balaban J connectivity index is 4.22. The lowest BCUT2D eigenvalue weighted by Crippen LogP contribution is -2.46. The van der Waals surface area contributed by atoms with Gasteiger partial charge < -0.3 is 19.9 Å². The Morgan fingerprint density at radius 1 is 1.44 bits per heavy atom. The first kappa shape index (κ1) is 15.0. The van der Waals surface area contributed by atoms with Crippen LogP contribution in [0.2, 0.25) is 0 Å². The molecule has 0 aromatic carbocycles. The average Bonchev–Trinajstić information content (AvgIpc) is 2.11. The van der Waals surface area contributed by atoms with E-state index in [-0.39, 0.29) is 6.07 Å². The SMILES string of the molecule is CC(C)(C)OC(=O)N[C@H](CO)C(=O)OCCl. The third-order valence-electron chi connectivity index (χ3n) is 1.35. The molecule has 0 rings (SSSR count). The summed E-state index contributed by atoms with van der Waals surface area (Å²) in [7, 11) is 0. The number of hydrogen-bond donors (Lipinski definition) is 2. The molecule has 7 heteroatoms. The molecule has 0 aromatic heterocycles.